The first-order chi connectivity index (χ1) is 6.83. The number of benzene rings is 1. The number of ether oxygens (including phenoxy) is 1. The zero-order valence-corrected chi connectivity index (χ0v) is 9.13. The van der Waals surface area contributed by atoms with Crippen molar-refractivity contribution < 1.29 is 4.74 Å². The molecule has 0 bridgehead atoms. The van der Waals surface area contributed by atoms with E-state index in [2.05, 4.69) is 12.2 Å². The molecule has 0 aliphatic heterocycles. The summed E-state index contributed by atoms with van der Waals surface area (Å²) >= 11 is 5.77. The summed E-state index contributed by atoms with van der Waals surface area (Å²) in [5, 5.41) is 0.779. The smallest absolute Gasteiger partial charge is 0.0465 e. The summed E-state index contributed by atoms with van der Waals surface area (Å²) in [6, 6.07) is 7.82. The molecule has 0 aliphatic carbocycles. The van der Waals surface area contributed by atoms with Gasteiger partial charge in [0.05, 0.1) is 0 Å². The van der Waals surface area contributed by atoms with E-state index in [0.717, 1.165) is 24.5 Å². The van der Waals surface area contributed by atoms with Gasteiger partial charge in [-0.15, -0.1) is 0 Å². The summed E-state index contributed by atoms with van der Waals surface area (Å²) in [6.45, 7) is 0.824. The Hall–Kier alpha value is -0.790. The molecule has 0 spiro atoms. The van der Waals surface area contributed by atoms with Gasteiger partial charge in [-0.3, -0.25) is 0 Å². The number of halogens is 1. The summed E-state index contributed by atoms with van der Waals surface area (Å²) in [6.07, 6.45) is 6.38. The highest BCUT2D eigenvalue weighted by Crippen LogP contribution is 2.10. The zero-order valence-electron chi connectivity index (χ0n) is 8.37. The van der Waals surface area contributed by atoms with Crippen LogP contribution in [0.4, 0.5) is 0 Å². The van der Waals surface area contributed by atoms with E-state index in [9.17, 15) is 0 Å². The van der Waals surface area contributed by atoms with E-state index in [0.29, 0.717) is 0 Å². The van der Waals surface area contributed by atoms with Gasteiger partial charge in [0.25, 0.3) is 0 Å². The van der Waals surface area contributed by atoms with Gasteiger partial charge in [0.1, 0.15) is 0 Å². The Morgan fingerprint density at radius 3 is 2.64 bits per heavy atom. The molecule has 0 radical (unpaired) electrons. The lowest BCUT2D eigenvalue weighted by Gasteiger charge is -1.95. The average molecular weight is 211 g/mol. The molecule has 76 valence electrons. The van der Waals surface area contributed by atoms with E-state index in [1.807, 2.05) is 24.3 Å². The van der Waals surface area contributed by atoms with E-state index < -0.39 is 0 Å². The van der Waals surface area contributed by atoms with Gasteiger partial charge in [0, 0.05) is 18.7 Å². The zero-order chi connectivity index (χ0) is 10.2. The molecular formula is C12H15ClO. The molecule has 0 aromatic heterocycles. The second-order valence-corrected chi connectivity index (χ2v) is 3.53. The van der Waals surface area contributed by atoms with Crippen LogP contribution < -0.4 is 0 Å². The van der Waals surface area contributed by atoms with Gasteiger partial charge in [-0.2, -0.15) is 0 Å². The normalized spacial score (nSPS) is 11.0. The molecule has 14 heavy (non-hydrogen) atoms. The Morgan fingerprint density at radius 2 is 2.00 bits per heavy atom. The Bertz CT molecular complexity index is 277. The Kier molecular flexibility index (Phi) is 5.35. The van der Waals surface area contributed by atoms with Crippen LogP contribution in [0.2, 0.25) is 5.02 Å². The molecule has 0 aliphatic rings. The summed E-state index contributed by atoms with van der Waals surface area (Å²) in [5.74, 6) is 0. The van der Waals surface area contributed by atoms with Gasteiger partial charge in [-0.25, -0.2) is 0 Å². The van der Waals surface area contributed by atoms with Crippen molar-refractivity contribution in [2.75, 3.05) is 13.7 Å². The first-order valence-corrected chi connectivity index (χ1v) is 5.12. The van der Waals surface area contributed by atoms with Crippen LogP contribution in [0.15, 0.2) is 30.3 Å². The Labute approximate surface area is 90.3 Å². The summed E-state index contributed by atoms with van der Waals surface area (Å²) in [4.78, 5) is 0. The quantitative estimate of drug-likeness (QED) is 0.673. The van der Waals surface area contributed by atoms with Crippen molar-refractivity contribution >= 4 is 17.7 Å². The fourth-order valence-corrected chi connectivity index (χ4v) is 1.26. The molecule has 1 aromatic rings. The van der Waals surface area contributed by atoms with Crippen molar-refractivity contribution in [3.63, 3.8) is 0 Å². The SMILES string of the molecule is COCCCC=Cc1ccc(Cl)cc1. The molecule has 0 fully saturated rings. The first-order valence-electron chi connectivity index (χ1n) is 4.74. The highest BCUT2D eigenvalue weighted by molar-refractivity contribution is 6.30. The van der Waals surface area contributed by atoms with Gasteiger partial charge >= 0.3 is 0 Å². The van der Waals surface area contributed by atoms with Gasteiger partial charge in [0.15, 0.2) is 0 Å². The van der Waals surface area contributed by atoms with Crippen LogP contribution in [-0.4, -0.2) is 13.7 Å². The third-order valence-corrected chi connectivity index (χ3v) is 2.15. The van der Waals surface area contributed by atoms with Crippen LogP contribution in [0, 0.1) is 0 Å². The van der Waals surface area contributed by atoms with E-state index >= 15 is 0 Å². The number of hydrogen-bond donors (Lipinski definition) is 0. The predicted octanol–water partition coefficient (Wildman–Crippen LogP) is 3.78. The van der Waals surface area contributed by atoms with Crippen molar-refractivity contribution in [2.45, 2.75) is 12.8 Å². The van der Waals surface area contributed by atoms with Crippen molar-refractivity contribution in [3.05, 3.63) is 40.9 Å². The molecule has 1 nitrogen and oxygen atoms in total. The lowest BCUT2D eigenvalue weighted by atomic mass is 10.2. The predicted molar refractivity (Wildman–Crippen MR) is 61.6 cm³/mol. The average Bonchev–Trinajstić information content (AvgIpc) is 2.21. The number of allylic oxidation sites excluding steroid dienone is 1. The molecule has 0 heterocycles. The summed E-state index contributed by atoms with van der Waals surface area (Å²) < 4.78 is 4.96. The standard InChI is InChI=1S/C12H15ClO/c1-14-10-4-2-3-5-11-6-8-12(13)9-7-11/h3,5-9H,2,4,10H2,1H3. The molecule has 1 aromatic carbocycles. The summed E-state index contributed by atoms with van der Waals surface area (Å²) in [7, 11) is 1.73. The highest BCUT2D eigenvalue weighted by atomic mass is 35.5. The van der Waals surface area contributed by atoms with Crippen molar-refractivity contribution in [3.8, 4) is 0 Å². The fourth-order valence-electron chi connectivity index (χ4n) is 1.14. The minimum Gasteiger partial charge on any atom is -0.385 e. The number of hydrogen-bond acceptors (Lipinski definition) is 1. The van der Waals surface area contributed by atoms with Crippen LogP contribution in [0.3, 0.4) is 0 Å². The number of methoxy groups -OCH3 is 1. The largest absolute Gasteiger partial charge is 0.385 e. The number of unbranched alkanes of at least 4 members (excludes halogenated alkanes) is 1. The minimum absolute atomic E-state index is 0.779. The van der Waals surface area contributed by atoms with Crippen molar-refractivity contribution in [1.82, 2.24) is 0 Å². The molecule has 0 N–H and O–H groups in total. The first kappa shape index (κ1) is 11.3. The van der Waals surface area contributed by atoms with E-state index in [1.54, 1.807) is 7.11 Å². The van der Waals surface area contributed by atoms with Crippen molar-refractivity contribution in [2.24, 2.45) is 0 Å². The maximum atomic E-state index is 5.77. The molecule has 1 rings (SSSR count). The maximum Gasteiger partial charge on any atom is 0.0465 e. The van der Waals surface area contributed by atoms with Crippen LogP contribution >= 0.6 is 11.6 Å². The van der Waals surface area contributed by atoms with Gasteiger partial charge in [0.2, 0.25) is 0 Å². The van der Waals surface area contributed by atoms with Crippen LogP contribution in [0.5, 0.6) is 0 Å². The second kappa shape index (κ2) is 6.63. The van der Waals surface area contributed by atoms with Crippen molar-refractivity contribution in [1.29, 1.82) is 0 Å². The Balaban J connectivity index is 2.33. The van der Waals surface area contributed by atoms with Crippen LogP contribution in [0.1, 0.15) is 18.4 Å². The lowest BCUT2D eigenvalue weighted by Crippen LogP contribution is -1.85. The molecule has 0 atom stereocenters. The Morgan fingerprint density at radius 1 is 1.29 bits per heavy atom. The van der Waals surface area contributed by atoms with E-state index in [4.69, 9.17) is 16.3 Å². The number of rotatable bonds is 5. The third-order valence-electron chi connectivity index (χ3n) is 1.90. The monoisotopic (exact) mass is 210 g/mol. The second-order valence-electron chi connectivity index (χ2n) is 3.09. The fraction of sp³-hybridized carbons (Fsp3) is 0.333. The molecule has 0 unspecified atom stereocenters. The topological polar surface area (TPSA) is 9.23 Å². The molecular weight excluding hydrogens is 196 g/mol. The lowest BCUT2D eigenvalue weighted by molar-refractivity contribution is 0.196. The highest BCUT2D eigenvalue weighted by Gasteiger charge is 1.87. The molecule has 2 heteroatoms. The van der Waals surface area contributed by atoms with E-state index in [-0.39, 0.29) is 0 Å². The van der Waals surface area contributed by atoms with Crippen LogP contribution in [-0.2, 0) is 4.74 Å². The van der Waals surface area contributed by atoms with Gasteiger partial charge < -0.3 is 4.74 Å². The minimum atomic E-state index is 0.779. The van der Waals surface area contributed by atoms with Gasteiger partial charge in [-0.1, -0.05) is 35.9 Å². The maximum absolute atomic E-state index is 5.77. The van der Waals surface area contributed by atoms with E-state index in [1.165, 1.54) is 5.56 Å². The molecule has 0 amide bonds. The molecule has 0 saturated carbocycles. The van der Waals surface area contributed by atoms with Crippen LogP contribution in [0.25, 0.3) is 6.08 Å². The molecule has 0 saturated heterocycles. The van der Waals surface area contributed by atoms with Gasteiger partial charge in [-0.05, 0) is 30.5 Å². The summed E-state index contributed by atoms with van der Waals surface area (Å²) in [5.41, 5.74) is 1.19. The third kappa shape index (κ3) is 4.45.